The number of rotatable bonds is 13. The maximum absolute atomic E-state index is 11.9. The lowest BCUT2D eigenvalue weighted by atomic mass is 10.0. The number of esters is 2. The molecule has 190 valence electrons. The van der Waals surface area contributed by atoms with Crippen molar-refractivity contribution in [1.29, 1.82) is 0 Å². The second-order valence-corrected chi connectivity index (χ2v) is 7.97. The van der Waals surface area contributed by atoms with Gasteiger partial charge in [-0.1, -0.05) is 36.4 Å². The molecule has 1 atom stereocenters. The van der Waals surface area contributed by atoms with Gasteiger partial charge in [-0.2, -0.15) is 0 Å². The number of benzene rings is 3. The number of ether oxygens (including phenoxy) is 5. The molecule has 7 nitrogen and oxygen atoms in total. The second kappa shape index (κ2) is 13.9. The summed E-state index contributed by atoms with van der Waals surface area (Å²) in [5.74, 6) is 0.830. The van der Waals surface area contributed by atoms with E-state index in [2.05, 4.69) is 0 Å². The number of carbonyl (C=O) groups excluding carboxylic acids is 2. The van der Waals surface area contributed by atoms with Gasteiger partial charge in [-0.05, 0) is 60.0 Å². The molecule has 3 aromatic rings. The van der Waals surface area contributed by atoms with Crippen LogP contribution in [0.5, 0.6) is 11.5 Å². The summed E-state index contributed by atoms with van der Waals surface area (Å²) in [6, 6.07) is 22.7. The summed E-state index contributed by atoms with van der Waals surface area (Å²) in [4.78, 5) is 23.4. The fourth-order valence-electron chi connectivity index (χ4n) is 3.53. The first kappa shape index (κ1) is 26.8. The van der Waals surface area contributed by atoms with Crippen LogP contribution < -0.4 is 9.47 Å². The van der Waals surface area contributed by atoms with Gasteiger partial charge in [-0.15, -0.1) is 0 Å². The Morgan fingerprint density at radius 3 is 1.78 bits per heavy atom. The van der Waals surface area contributed by atoms with E-state index < -0.39 is 6.10 Å². The molecule has 3 aromatic carbocycles. The van der Waals surface area contributed by atoms with Crippen LogP contribution in [0.15, 0.2) is 72.8 Å². The minimum Gasteiger partial charge on any atom is -0.493 e. The van der Waals surface area contributed by atoms with Crippen molar-refractivity contribution in [2.75, 3.05) is 34.0 Å². The highest BCUT2D eigenvalue weighted by atomic mass is 16.6. The summed E-state index contributed by atoms with van der Waals surface area (Å²) in [6.45, 7) is 3.15. The summed E-state index contributed by atoms with van der Waals surface area (Å²) < 4.78 is 26.6. The van der Waals surface area contributed by atoms with Crippen molar-refractivity contribution >= 4 is 11.9 Å². The van der Waals surface area contributed by atoms with Crippen LogP contribution >= 0.6 is 0 Å². The monoisotopic (exact) mass is 492 g/mol. The predicted molar refractivity (Wildman–Crippen MR) is 136 cm³/mol. The van der Waals surface area contributed by atoms with Crippen molar-refractivity contribution in [3.63, 3.8) is 0 Å². The fourth-order valence-corrected chi connectivity index (χ4v) is 3.53. The molecule has 0 fully saturated rings. The minimum absolute atomic E-state index is 0.328. The van der Waals surface area contributed by atoms with Crippen molar-refractivity contribution in [3.05, 3.63) is 83.9 Å². The van der Waals surface area contributed by atoms with Crippen LogP contribution in [-0.4, -0.2) is 52.1 Å². The molecule has 7 heteroatoms. The average Bonchev–Trinajstić information content (AvgIpc) is 2.92. The zero-order chi connectivity index (χ0) is 25.8. The van der Waals surface area contributed by atoms with Crippen LogP contribution in [0, 0.1) is 0 Å². The van der Waals surface area contributed by atoms with Crippen LogP contribution in [0.2, 0.25) is 0 Å². The standard InChI is InChI=1S/C29H32O7/c1-4-34-29(31)27(32-2)20-21-6-14-25(15-7-21)35-18-5-19-36-26-16-12-23(13-17-26)22-8-10-24(11-9-22)28(30)33-3/h6-17,27H,4-5,18-20H2,1-3H3/t27-/m0/s1. The first-order chi connectivity index (χ1) is 17.5. The highest BCUT2D eigenvalue weighted by Crippen LogP contribution is 2.23. The molecule has 0 heterocycles. The Hall–Kier alpha value is -3.84. The van der Waals surface area contributed by atoms with Gasteiger partial charge < -0.3 is 23.7 Å². The van der Waals surface area contributed by atoms with E-state index in [4.69, 9.17) is 23.7 Å². The predicted octanol–water partition coefficient (Wildman–Crippen LogP) is 5.11. The first-order valence-corrected chi connectivity index (χ1v) is 11.9. The third-order valence-electron chi connectivity index (χ3n) is 5.50. The van der Waals surface area contributed by atoms with Gasteiger partial charge in [0.2, 0.25) is 0 Å². The quantitative estimate of drug-likeness (QED) is 0.242. The minimum atomic E-state index is -0.616. The normalized spacial score (nSPS) is 11.4. The molecular weight excluding hydrogens is 460 g/mol. The SMILES string of the molecule is CCOC(=O)[C@H](Cc1ccc(OCCCOc2ccc(-c3ccc(C(=O)OC)cc3)cc2)cc1)OC. The van der Waals surface area contributed by atoms with Gasteiger partial charge in [0, 0.05) is 20.0 Å². The second-order valence-electron chi connectivity index (χ2n) is 7.97. The zero-order valence-corrected chi connectivity index (χ0v) is 20.9. The Morgan fingerprint density at radius 2 is 1.28 bits per heavy atom. The molecule has 3 rings (SSSR count). The third kappa shape index (κ3) is 7.85. The van der Waals surface area contributed by atoms with Crippen LogP contribution in [0.25, 0.3) is 11.1 Å². The summed E-state index contributed by atoms with van der Waals surface area (Å²) in [5.41, 5.74) is 3.53. The fraction of sp³-hybridized carbons (Fsp3) is 0.310. The molecule has 0 saturated heterocycles. The molecule has 0 unspecified atom stereocenters. The Labute approximate surface area is 211 Å². The third-order valence-corrected chi connectivity index (χ3v) is 5.50. The van der Waals surface area contributed by atoms with Crippen molar-refractivity contribution in [2.45, 2.75) is 25.9 Å². The Kier molecular flexibility index (Phi) is 10.3. The van der Waals surface area contributed by atoms with Crippen LogP contribution in [0.3, 0.4) is 0 Å². The zero-order valence-electron chi connectivity index (χ0n) is 20.9. The van der Waals surface area contributed by atoms with E-state index in [9.17, 15) is 9.59 Å². The number of hydrogen-bond acceptors (Lipinski definition) is 7. The van der Waals surface area contributed by atoms with Crippen molar-refractivity contribution < 1.29 is 33.3 Å². The van der Waals surface area contributed by atoms with E-state index in [0.29, 0.717) is 31.8 Å². The molecule has 0 radical (unpaired) electrons. The molecule has 0 N–H and O–H groups in total. The largest absolute Gasteiger partial charge is 0.493 e. The van der Waals surface area contributed by atoms with Crippen LogP contribution in [0.4, 0.5) is 0 Å². The van der Waals surface area contributed by atoms with Crippen molar-refractivity contribution in [2.24, 2.45) is 0 Å². The maximum Gasteiger partial charge on any atom is 0.337 e. The molecule has 0 spiro atoms. The van der Waals surface area contributed by atoms with Gasteiger partial charge in [0.15, 0.2) is 6.10 Å². The molecule has 0 aromatic heterocycles. The highest BCUT2D eigenvalue weighted by Gasteiger charge is 2.19. The lowest BCUT2D eigenvalue weighted by Gasteiger charge is -2.14. The summed E-state index contributed by atoms with van der Waals surface area (Å²) in [7, 11) is 2.87. The topological polar surface area (TPSA) is 80.3 Å². The van der Waals surface area contributed by atoms with Crippen LogP contribution in [0.1, 0.15) is 29.3 Å². The van der Waals surface area contributed by atoms with Gasteiger partial charge in [0.25, 0.3) is 0 Å². The van der Waals surface area contributed by atoms with E-state index in [1.54, 1.807) is 19.1 Å². The van der Waals surface area contributed by atoms with Crippen LogP contribution in [-0.2, 0) is 25.4 Å². The average molecular weight is 493 g/mol. The molecule has 0 aliphatic heterocycles. The summed E-state index contributed by atoms with van der Waals surface area (Å²) in [6.07, 6.45) is 0.559. The molecule has 0 amide bonds. The molecular formula is C29H32O7. The van der Waals surface area contributed by atoms with Gasteiger partial charge in [-0.3, -0.25) is 0 Å². The molecule has 0 aliphatic carbocycles. The lowest BCUT2D eigenvalue weighted by molar-refractivity contribution is -0.154. The smallest absolute Gasteiger partial charge is 0.337 e. The number of carbonyl (C=O) groups is 2. The molecule has 0 saturated carbocycles. The van der Waals surface area contributed by atoms with E-state index in [1.165, 1.54) is 14.2 Å². The summed E-state index contributed by atoms with van der Waals surface area (Å²) in [5, 5.41) is 0. The van der Waals surface area contributed by atoms with Gasteiger partial charge in [0.1, 0.15) is 11.5 Å². The molecule has 0 bridgehead atoms. The van der Waals surface area contributed by atoms with E-state index in [0.717, 1.165) is 34.6 Å². The highest BCUT2D eigenvalue weighted by molar-refractivity contribution is 5.90. The number of hydrogen-bond donors (Lipinski definition) is 0. The maximum atomic E-state index is 11.9. The van der Waals surface area contributed by atoms with E-state index in [-0.39, 0.29) is 11.9 Å². The van der Waals surface area contributed by atoms with Gasteiger partial charge in [0.05, 0.1) is 32.5 Å². The van der Waals surface area contributed by atoms with E-state index >= 15 is 0 Å². The Bertz CT molecular complexity index is 1090. The van der Waals surface area contributed by atoms with Gasteiger partial charge in [-0.25, -0.2) is 9.59 Å². The first-order valence-electron chi connectivity index (χ1n) is 11.9. The van der Waals surface area contributed by atoms with Crippen molar-refractivity contribution in [3.8, 4) is 22.6 Å². The molecule has 36 heavy (non-hydrogen) atoms. The van der Waals surface area contributed by atoms with Crippen molar-refractivity contribution in [1.82, 2.24) is 0 Å². The number of methoxy groups -OCH3 is 2. The Morgan fingerprint density at radius 1 is 0.750 bits per heavy atom. The summed E-state index contributed by atoms with van der Waals surface area (Å²) >= 11 is 0. The van der Waals surface area contributed by atoms with E-state index in [1.807, 2.05) is 60.7 Å². The molecule has 0 aliphatic rings. The Balaban J connectivity index is 1.39. The lowest BCUT2D eigenvalue weighted by Crippen LogP contribution is -2.27. The van der Waals surface area contributed by atoms with Gasteiger partial charge >= 0.3 is 11.9 Å².